The Morgan fingerprint density at radius 3 is 2.80 bits per heavy atom. The molecule has 134 valence electrons. The standard InChI is InChI=1S/C24H32O/c1-3-6-16-9-10-18-7-5-8-21(22(18)13-16)24(25)23-15-19-11-12-20(23)14-17(19)4-2/h4-5,7-8,10,13,16-17,19-20,23-25H,2-3,6,9,11-12,14-15H2,1H3. The third-order valence-electron chi connectivity index (χ3n) is 7.17. The predicted octanol–water partition coefficient (Wildman–Crippen LogP) is 4.34. The number of fused-ring (bicyclic) bond motifs is 4. The molecule has 3 saturated carbocycles. The highest BCUT2D eigenvalue weighted by atomic mass is 16.3. The van der Waals surface area contributed by atoms with Gasteiger partial charge in [0.2, 0.25) is 0 Å². The van der Waals surface area contributed by atoms with Crippen molar-refractivity contribution in [2.75, 3.05) is 0 Å². The summed E-state index contributed by atoms with van der Waals surface area (Å²) in [6.45, 7) is 6.31. The molecule has 1 heteroatoms. The molecule has 6 atom stereocenters. The van der Waals surface area contributed by atoms with Crippen LogP contribution >= 0.6 is 0 Å². The van der Waals surface area contributed by atoms with E-state index in [0.29, 0.717) is 23.7 Å². The molecule has 0 radical (unpaired) electrons. The summed E-state index contributed by atoms with van der Waals surface area (Å²) < 4.78 is 0. The molecule has 1 nitrogen and oxygen atoms in total. The molecule has 2 bridgehead atoms. The predicted molar refractivity (Wildman–Crippen MR) is 105 cm³/mol. The van der Waals surface area contributed by atoms with Crippen molar-refractivity contribution in [2.45, 2.75) is 58.0 Å². The average Bonchev–Trinajstić information content (AvgIpc) is 2.67. The van der Waals surface area contributed by atoms with Crippen LogP contribution in [-0.2, 0) is 0 Å². The minimum Gasteiger partial charge on any atom is -0.388 e. The van der Waals surface area contributed by atoms with Crippen LogP contribution in [0.2, 0.25) is 0 Å². The van der Waals surface area contributed by atoms with Gasteiger partial charge in [-0.25, -0.2) is 0 Å². The first-order valence-corrected chi connectivity index (χ1v) is 10.3. The maximum absolute atomic E-state index is 11.3. The normalized spacial score (nSPS) is 34.6. The largest absolute Gasteiger partial charge is 0.388 e. The zero-order valence-corrected chi connectivity index (χ0v) is 15.5. The lowest BCUT2D eigenvalue weighted by Crippen LogP contribution is -2.42. The van der Waals surface area contributed by atoms with E-state index in [0.717, 1.165) is 12.3 Å². The van der Waals surface area contributed by atoms with Crippen LogP contribution in [0, 0.1) is 29.6 Å². The molecule has 0 amide bonds. The Kier molecular flexibility index (Phi) is 4.86. The molecule has 25 heavy (non-hydrogen) atoms. The van der Waals surface area contributed by atoms with Crippen molar-refractivity contribution in [3.8, 4) is 0 Å². The Morgan fingerprint density at radius 2 is 2.08 bits per heavy atom. The molecule has 1 aromatic rings. The first kappa shape index (κ1) is 17.1. The van der Waals surface area contributed by atoms with E-state index >= 15 is 0 Å². The van der Waals surface area contributed by atoms with Crippen molar-refractivity contribution in [2.24, 2.45) is 29.6 Å². The van der Waals surface area contributed by atoms with Crippen LogP contribution < -0.4 is 10.4 Å². The van der Waals surface area contributed by atoms with E-state index in [-0.39, 0.29) is 6.10 Å². The summed E-state index contributed by atoms with van der Waals surface area (Å²) in [5.41, 5.74) is 1.18. The Morgan fingerprint density at radius 1 is 1.24 bits per heavy atom. The van der Waals surface area contributed by atoms with Gasteiger partial charge in [0.25, 0.3) is 0 Å². The van der Waals surface area contributed by atoms with Crippen molar-refractivity contribution in [1.29, 1.82) is 0 Å². The van der Waals surface area contributed by atoms with Gasteiger partial charge < -0.3 is 5.11 Å². The van der Waals surface area contributed by atoms with Crippen LogP contribution in [-0.4, -0.2) is 5.11 Å². The molecular formula is C24H32O. The number of benzene rings is 1. The molecule has 5 rings (SSSR count). The summed E-state index contributed by atoms with van der Waals surface area (Å²) in [6, 6.07) is 6.52. The van der Waals surface area contributed by atoms with Crippen molar-refractivity contribution in [3.05, 3.63) is 46.9 Å². The molecule has 0 aliphatic heterocycles. The van der Waals surface area contributed by atoms with Crippen LogP contribution in [0.3, 0.4) is 0 Å². The summed E-state index contributed by atoms with van der Waals surface area (Å²) in [6.07, 6.45) is 15.3. The van der Waals surface area contributed by atoms with Crippen LogP contribution in [0.4, 0.5) is 0 Å². The average molecular weight is 337 g/mol. The monoisotopic (exact) mass is 336 g/mol. The molecule has 4 aliphatic carbocycles. The Balaban J connectivity index is 1.65. The fraction of sp³-hybridized carbons (Fsp3) is 0.583. The van der Waals surface area contributed by atoms with Gasteiger partial charge in [0.1, 0.15) is 0 Å². The smallest absolute Gasteiger partial charge is 0.0826 e. The summed E-state index contributed by atoms with van der Waals surface area (Å²) >= 11 is 0. The Labute approximate surface area is 152 Å². The first-order valence-electron chi connectivity index (χ1n) is 10.3. The van der Waals surface area contributed by atoms with E-state index < -0.39 is 0 Å². The molecule has 0 saturated heterocycles. The lowest BCUT2D eigenvalue weighted by molar-refractivity contribution is -0.0227. The Hall–Kier alpha value is -1.34. The van der Waals surface area contributed by atoms with Gasteiger partial charge in [-0.3, -0.25) is 0 Å². The molecule has 0 aromatic heterocycles. The number of hydrogen-bond donors (Lipinski definition) is 1. The van der Waals surface area contributed by atoms with Gasteiger partial charge >= 0.3 is 0 Å². The molecule has 4 aliphatic rings. The molecule has 1 N–H and O–H groups in total. The van der Waals surface area contributed by atoms with Crippen molar-refractivity contribution < 1.29 is 5.11 Å². The molecule has 6 unspecified atom stereocenters. The van der Waals surface area contributed by atoms with Gasteiger partial charge in [-0.15, -0.1) is 6.58 Å². The number of aliphatic hydroxyl groups is 1. The first-order chi connectivity index (χ1) is 12.2. The number of hydrogen-bond acceptors (Lipinski definition) is 1. The third-order valence-corrected chi connectivity index (χ3v) is 7.17. The number of allylic oxidation sites excluding steroid dienone is 1. The minimum atomic E-state index is -0.307. The molecule has 1 aromatic carbocycles. The lowest BCUT2D eigenvalue weighted by atomic mass is 9.58. The van der Waals surface area contributed by atoms with Gasteiger partial charge in [0.15, 0.2) is 0 Å². The number of rotatable bonds is 5. The summed E-state index contributed by atoms with van der Waals surface area (Å²) in [5.74, 6) is 3.16. The molecule has 0 spiro atoms. The van der Waals surface area contributed by atoms with Crippen molar-refractivity contribution >= 4 is 12.2 Å². The van der Waals surface area contributed by atoms with Gasteiger partial charge in [-0.2, -0.15) is 0 Å². The van der Waals surface area contributed by atoms with Crippen LogP contribution in [0.25, 0.3) is 12.2 Å². The van der Waals surface area contributed by atoms with Crippen LogP contribution in [0.5, 0.6) is 0 Å². The second-order valence-corrected chi connectivity index (χ2v) is 8.58. The fourth-order valence-electron chi connectivity index (χ4n) is 5.82. The van der Waals surface area contributed by atoms with Crippen LogP contribution in [0.15, 0.2) is 30.9 Å². The van der Waals surface area contributed by atoms with Gasteiger partial charge in [0, 0.05) is 0 Å². The second-order valence-electron chi connectivity index (χ2n) is 8.58. The minimum absolute atomic E-state index is 0.307. The quantitative estimate of drug-likeness (QED) is 0.793. The van der Waals surface area contributed by atoms with E-state index in [1.807, 2.05) is 0 Å². The van der Waals surface area contributed by atoms with Gasteiger partial charge in [-0.1, -0.05) is 49.8 Å². The zero-order chi connectivity index (χ0) is 17.4. The van der Waals surface area contributed by atoms with Gasteiger partial charge in [-0.05, 0) is 84.1 Å². The highest BCUT2D eigenvalue weighted by Gasteiger charge is 2.43. The van der Waals surface area contributed by atoms with E-state index in [9.17, 15) is 5.11 Å². The van der Waals surface area contributed by atoms with Crippen molar-refractivity contribution in [1.82, 2.24) is 0 Å². The fourth-order valence-corrected chi connectivity index (χ4v) is 5.82. The summed E-state index contributed by atoms with van der Waals surface area (Å²) in [7, 11) is 0. The SMILES string of the molecule is C=CC1CC2CCC1CC2C(O)c1cccc2c1=CC(CCC)CC=2. The highest BCUT2D eigenvalue weighted by Crippen LogP contribution is 2.52. The maximum atomic E-state index is 11.3. The van der Waals surface area contributed by atoms with E-state index in [2.05, 4.69) is 49.9 Å². The van der Waals surface area contributed by atoms with Crippen molar-refractivity contribution in [3.63, 3.8) is 0 Å². The van der Waals surface area contributed by atoms with E-state index in [4.69, 9.17) is 0 Å². The summed E-state index contributed by atoms with van der Waals surface area (Å²) in [5, 5.41) is 14.0. The lowest BCUT2D eigenvalue weighted by Gasteiger charge is -2.48. The topological polar surface area (TPSA) is 20.2 Å². The van der Waals surface area contributed by atoms with E-state index in [1.165, 1.54) is 54.5 Å². The van der Waals surface area contributed by atoms with E-state index in [1.54, 1.807) is 0 Å². The maximum Gasteiger partial charge on any atom is 0.0826 e. The molecular weight excluding hydrogens is 304 g/mol. The number of aliphatic hydroxyl groups excluding tert-OH is 1. The molecule has 0 heterocycles. The highest BCUT2D eigenvalue weighted by molar-refractivity contribution is 5.44. The van der Waals surface area contributed by atoms with Crippen LogP contribution in [0.1, 0.15) is 63.5 Å². The zero-order valence-electron chi connectivity index (χ0n) is 15.5. The Bertz CT molecular complexity index is 746. The third kappa shape index (κ3) is 3.12. The second kappa shape index (κ2) is 7.11. The molecule has 3 fully saturated rings. The summed E-state index contributed by atoms with van der Waals surface area (Å²) in [4.78, 5) is 0. The van der Waals surface area contributed by atoms with Gasteiger partial charge in [0.05, 0.1) is 6.10 Å².